The Morgan fingerprint density at radius 2 is 1.31 bits per heavy atom. The van der Waals surface area contributed by atoms with Crippen molar-refractivity contribution >= 4 is 60.3 Å². The van der Waals surface area contributed by atoms with Crippen LogP contribution < -0.4 is 9.05 Å². The number of aromatic nitrogens is 2. The van der Waals surface area contributed by atoms with E-state index >= 15 is 0 Å². The number of halogens is 2. The van der Waals surface area contributed by atoms with E-state index in [4.69, 9.17) is 74.0 Å². The highest BCUT2D eigenvalue weighted by molar-refractivity contribution is 8.08. The van der Waals surface area contributed by atoms with Gasteiger partial charge in [-0.05, 0) is 52.8 Å². The predicted molar refractivity (Wildman–Crippen MR) is 154 cm³/mol. The second-order valence-electron chi connectivity index (χ2n) is 7.18. The lowest BCUT2D eigenvalue weighted by Crippen LogP contribution is -2.06. The second-order valence-corrected chi connectivity index (χ2v) is 13.9. The van der Waals surface area contributed by atoms with Crippen LogP contribution in [0.3, 0.4) is 0 Å². The number of aryl methyl sites for hydroxylation is 1. The first-order valence-electron chi connectivity index (χ1n) is 11.4. The summed E-state index contributed by atoms with van der Waals surface area (Å²) in [5.41, 5.74) is 0.836. The third-order valence-corrected chi connectivity index (χ3v) is 9.19. The fourth-order valence-corrected chi connectivity index (χ4v) is 7.05. The maximum absolute atomic E-state index is 5.99. The van der Waals surface area contributed by atoms with E-state index in [1.165, 1.54) is 0 Å². The molecule has 0 aliphatic carbocycles. The molecule has 204 valence electrons. The lowest BCUT2D eigenvalue weighted by molar-refractivity contribution is 0.215. The molecule has 0 aliphatic heterocycles. The molecular weight excluding hydrogens is 585 g/mol. The SMILES string of the molecule is CCOP(=S)(OCC)Oc1cc(C)nc(C(C)C)n1.CCOP(=S)(OCC)Oc1ccc(Cl)cc1Cl. The molecule has 0 aliphatic rings. The Bertz CT molecular complexity index is 1050. The Hall–Kier alpha value is -0.380. The van der Waals surface area contributed by atoms with Crippen molar-refractivity contribution in [1.29, 1.82) is 0 Å². The number of hydrogen-bond acceptors (Lipinski definition) is 10. The van der Waals surface area contributed by atoms with Crippen LogP contribution in [0.25, 0.3) is 0 Å². The Morgan fingerprint density at radius 3 is 1.75 bits per heavy atom. The number of benzene rings is 1. The van der Waals surface area contributed by atoms with Gasteiger partial charge in [0.05, 0.1) is 31.5 Å². The van der Waals surface area contributed by atoms with Crippen LogP contribution >= 0.6 is 36.6 Å². The lowest BCUT2D eigenvalue weighted by atomic mass is 10.2. The zero-order valence-electron chi connectivity index (χ0n) is 21.5. The van der Waals surface area contributed by atoms with E-state index in [1.807, 2.05) is 48.5 Å². The summed E-state index contributed by atoms with van der Waals surface area (Å²) >= 11 is 22.3. The van der Waals surface area contributed by atoms with E-state index in [9.17, 15) is 0 Å². The maximum atomic E-state index is 5.99. The largest absolute Gasteiger partial charge is 0.423 e. The molecule has 1 heterocycles. The van der Waals surface area contributed by atoms with E-state index in [2.05, 4.69) is 9.97 Å². The maximum Gasteiger partial charge on any atom is 0.381 e. The highest BCUT2D eigenvalue weighted by Gasteiger charge is 2.23. The van der Waals surface area contributed by atoms with Gasteiger partial charge in [0.2, 0.25) is 5.88 Å². The zero-order valence-corrected chi connectivity index (χ0v) is 26.5. The van der Waals surface area contributed by atoms with Crippen molar-refractivity contribution < 1.29 is 27.1 Å². The lowest BCUT2D eigenvalue weighted by Gasteiger charge is -2.21. The molecule has 36 heavy (non-hydrogen) atoms. The molecule has 0 saturated heterocycles. The molecule has 0 bridgehead atoms. The Labute approximate surface area is 234 Å². The van der Waals surface area contributed by atoms with Gasteiger partial charge in [-0.25, -0.2) is 4.98 Å². The van der Waals surface area contributed by atoms with E-state index < -0.39 is 13.4 Å². The average Bonchev–Trinajstić information content (AvgIpc) is 2.76. The van der Waals surface area contributed by atoms with Gasteiger partial charge in [0.15, 0.2) is 0 Å². The summed E-state index contributed by atoms with van der Waals surface area (Å²) in [4.78, 5) is 8.71. The minimum Gasteiger partial charge on any atom is -0.423 e. The average molecular weight is 620 g/mol. The monoisotopic (exact) mass is 618 g/mol. The molecule has 0 saturated carbocycles. The van der Waals surface area contributed by atoms with Gasteiger partial charge in [0, 0.05) is 46.3 Å². The van der Waals surface area contributed by atoms with Gasteiger partial charge in [-0.15, -0.1) is 0 Å². The first kappa shape index (κ1) is 33.6. The fraction of sp³-hybridized carbons (Fsp3) is 0.545. The van der Waals surface area contributed by atoms with Gasteiger partial charge in [0.25, 0.3) is 0 Å². The summed E-state index contributed by atoms with van der Waals surface area (Å²) in [6.45, 7) is 9.49. The van der Waals surface area contributed by atoms with E-state index in [0.29, 0.717) is 48.1 Å². The van der Waals surface area contributed by atoms with Crippen LogP contribution in [0.4, 0.5) is 0 Å². The second kappa shape index (κ2) is 16.6. The van der Waals surface area contributed by atoms with Crippen LogP contribution in [-0.2, 0) is 41.7 Å². The molecule has 14 heteroatoms. The molecule has 0 N–H and O–H groups in total. The quantitative estimate of drug-likeness (QED) is 0.205. The number of rotatable bonds is 13. The van der Waals surface area contributed by atoms with Gasteiger partial charge in [-0.2, -0.15) is 4.98 Å². The minimum atomic E-state index is -2.78. The predicted octanol–water partition coefficient (Wildman–Crippen LogP) is 8.25. The molecule has 2 aromatic rings. The van der Waals surface area contributed by atoms with Crippen LogP contribution in [0.5, 0.6) is 11.6 Å². The summed E-state index contributed by atoms with van der Waals surface area (Å²) in [6, 6.07) is 6.63. The topological polar surface area (TPSA) is 81.2 Å². The van der Waals surface area contributed by atoms with Crippen molar-refractivity contribution in [2.45, 2.75) is 54.4 Å². The summed E-state index contributed by atoms with van der Waals surface area (Å²) < 4.78 is 32.8. The molecule has 0 radical (unpaired) electrons. The standard InChI is InChI=1S/C12H21N2O3PS.C10H13Cl2O3PS/c1-6-15-18(19,16-7-2)17-11-8-10(5)13-12(14-11)9(3)4;1-3-13-16(17,14-4-2)15-10-6-5-8(11)7-9(10)12/h8-9H,6-7H2,1-5H3;5-7H,3-4H2,1-2H3. The van der Waals surface area contributed by atoms with Crippen LogP contribution in [0, 0.1) is 6.92 Å². The minimum absolute atomic E-state index is 0.222. The Kier molecular flexibility index (Phi) is 15.5. The summed E-state index contributed by atoms with van der Waals surface area (Å²) in [5, 5.41) is 0.912. The molecular formula is C22H34Cl2N2O6P2S2. The van der Waals surface area contributed by atoms with Gasteiger partial charge in [-0.3, -0.25) is 18.1 Å². The van der Waals surface area contributed by atoms with Gasteiger partial charge in [0.1, 0.15) is 11.6 Å². The van der Waals surface area contributed by atoms with Gasteiger partial charge < -0.3 is 9.05 Å². The number of nitrogens with zero attached hydrogens (tertiary/aromatic N) is 2. The molecule has 2 rings (SSSR count). The van der Waals surface area contributed by atoms with Crippen molar-refractivity contribution in [3.05, 3.63) is 45.8 Å². The Balaban J connectivity index is 0.000000362. The molecule has 0 atom stereocenters. The fourth-order valence-electron chi connectivity index (χ4n) is 2.46. The zero-order chi connectivity index (χ0) is 27.4. The van der Waals surface area contributed by atoms with Crippen molar-refractivity contribution in [1.82, 2.24) is 9.97 Å². The van der Waals surface area contributed by atoms with Crippen LogP contribution in [-0.4, -0.2) is 36.4 Å². The van der Waals surface area contributed by atoms with Crippen molar-refractivity contribution in [3.63, 3.8) is 0 Å². The Morgan fingerprint density at radius 1 is 0.806 bits per heavy atom. The molecule has 8 nitrogen and oxygen atoms in total. The summed E-state index contributed by atoms with van der Waals surface area (Å²) in [5.74, 6) is 1.78. The smallest absolute Gasteiger partial charge is 0.381 e. The highest BCUT2D eigenvalue weighted by Crippen LogP contribution is 2.51. The summed E-state index contributed by atoms with van der Waals surface area (Å²) in [7, 11) is 0. The molecule has 0 unspecified atom stereocenters. The molecule has 0 amide bonds. The molecule has 1 aromatic heterocycles. The van der Waals surface area contributed by atoms with Gasteiger partial charge >= 0.3 is 13.4 Å². The van der Waals surface area contributed by atoms with Crippen molar-refractivity contribution in [2.75, 3.05) is 26.4 Å². The molecule has 0 spiro atoms. The molecule has 1 aromatic carbocycles. The third kappa shape index (κ3) is 12.0. The van der Waals surface area contributed by atoms with Crippen molar-refractivity contribution in [3.8, 4) is 11.6 Å². The van der Waals surface area contributed by atoms with Crippen LogP contribution in [0.2, 0.25) is 10.0 Å². The normalized spacial score (nSPS) is 11.7. The van der Waals surface area contributed by atoms with E-state index in [0.717, 1.165) is 11.5 Å². The number of hydrogen-bond donors (Lipinski definition) is 0. The summed E-state index contributed by atoms with van der Waals surface area (Å²) in [6.07, 6.45) is 0. The van der Waals surface area contributed by atoms with Crippen molar-refractivity contribution in [2.24, 2.45) is 0 Å². The first-order chi connectivity index (χ1) is 16.9. The van der Waals surface area contributed by atoms with Crippen LogP contribution in [0.1, 0.15) is 59.0 Å². The first-order valence-corrected chi connectivity index (χ1v) is 17.3. The van der Waals surface area contributed by atoms with E-state index in [-0.39, 0.29) is 5.92 Å². The highest BCUT2D eigenvalue weighted by atomic mass is 35.5. The van der Waals surface area contributed by atoms with E-state index in [1.54, 1.807) is 24.3 Å². The third-order valence-electron chi connectivity index (χ3n) is 3.82. The van der Waals surface area contributed by atoms with Crippen LogP contribution in [0.15, 0.2) is 24.3 Å². The van der Waals surface area contributed by atoms with Gasteiger partial charge in [-0.1, -0.05) is 37.0 Å². The molecule has 0 fully saturated rings.